The Kier molecular flexibility index (Phi) is 11.0. The van der Waals surface area contributed by atoms with Crippen molar-refractivity contribution in [2.75, 3.05) is 33.9 Å². The van der Waals surface area contributed by atoms with E-state index in [2.05, 4.69) is 38.1 Å². The third kappa shape index (κ3) is 7.15. The van der Waals surface area contributed by atoms with E-state index < -0.39 is 37.3 Å². The molecule has 0 unspecified atom stereocenters. The van der Waals surface area contributed by atoms with Gasteiger partial charge in [-0.15, -0.1) is 0 Å². The van der Waals surface area contributed by atoms with Gasteiger partial charge in [0.05, 0.1) is 51.4 Å². The average molecular weight is 718 g/mol. The van der Waals surface area contributed by atoms with Crippen LogP contribution in [0.1, 0.15) is 25.2 Å². The van der Waals surface area contributed by atoms with Gasteiger partial charge in [-0.1, -0.05) is 18.2 Å². The lowest BCUT2D eigenvalue weighted by Crippen LogP contribution is -3.06. The lowest BCUT2D eigenvalue weighted by Gasteiger charge is -2.39. The second kappa shape index (κ2) is 15.6. The van der Waals surface area contributed by atoms with Gasteiger partial charge in [-0.05, 0) is 68.0 Å². The van der Waals surface area contributed by atoms with Crippen molar-refractivity contribution in [3.63, 3.8) is 0 Å². The van der Waals surface area contributed by atoms with Crippen LogP contribution in [0.2, 0.25) is 0 Å². The molecular weight excluding hydrogens is 674 g/mol. The minimum atomic E-state index is -1.74. The molecule has 0 bridgehead atoms. The summed E-state index contributed by atoms with van der Waals surface area (Å²) in [6.07, 6.45) is -0.575. The monoisotopic (exact) mass is 717 g/mol. The van der Waals surface area contributed by atoms with E-state index in [0.717, 1.165) is 18.7 Å². The minimum absolute atomic E-state index is 0.00118. The first-order chi connectivity index (χ1) is 25.1. The van der Waals surface area contributed by atoms with Gasteiger partial charge in [0.1, 0.15) is 47.0 Å². The smallest absolute Gasteiger partial charge is 0.347 e. The number of aliphatic hydroxyl groups excluding tert-OH is 4. The fourth-order valence-corrected chi connectivity index (χ4v) is 6.33. The van der Waals surface area contributed by atoms with Gasteiger partial charge >= 0.3 is 5.43 Å². The van der Waals surface area contributed by atoms with Crippen molar-refractivity contribution in [1.82, 2.24) is 0 Å². The third-order valence-electron chi connectivity index (χ3n) is 9.15. The van der Waals surface area contributed by atoms with Gasteiger partial charge in [-0.25, -0.2) is 0 Å². The van der Waals surface area contributed by atoms with Crippen molar-refractivity contribution in [3.8, 4) is 34.3 Å². The molecule has 0 saturated carbocycles. The molecule has 2 aromatic heterocycles. The number of allylic oxidation sites excluding steroid dienone is 2. The molecular formula is C39H43NO12+2. The number of aliphatic hydroxyl groups is 4. The zero-order chi connectivity index (χ0) is 37.1. The zero-order valence-electron chi connectivity index (χ0n) is 29.1. The topological polar surface area (TPSA) is 190 Å². The molecule has 0 amide bonds. The first kappa shape index (κ1) is 36.6. The first-order valence-electron chi connectivity index (χ1n) is 16.9. The van der Waals surface area contributed by atoms with E-state index in [4.69, 9.17) is 27.8 Å². The lowest BCUT2D eigenvalue weighted by molar-refractivity contribution is -0.828. The summed E-state index contributed by atoms with van der Waals surface area (Å²) in [5.74, 6) is 0.213. The molecule has 0 radical (unpaired) electrons. The second-order valence-electron chi connectivity index (χ2n) is 12.3. The Bertz CT molecular complexity index is 2120. The van der Waals surface area contributed by atoms with E-state index in [-0.39, 0.29) is 45.4 Å². The van der Waals surface area contributed by atoms with Crippen molar-refractivity contribution < 1.29 is 63.0 Å². The number of quaternary nitrogens is 1. The number of rotatable bonds is 12. The van der Waals surface area contributed by atoms with E-state index in [1.54, 1.807) is 18.2 Å². The first-order valence-corrected chi connectivity index (χ1v) is 16.9. The van der Waals surface area contributed by atoms with Crippen LogP contribution in [0.25, 0.3) is 45.4 Å². The zero-order valence-corrected chi connectivity index (χ0v) is 29.1. The number of hydrogen-bond donors (Lipinski definition) is 6. The number of benzene rings is 3. The predicted octanol–water partition coefficient (Wildman–Crippen LogP) is 3.03. The number of aromatic hydroxyl groups is 1. The Balaban J connectivity index is 1.49. The molecule has 13 nitrogen and oxygen atoms in total. The van der Waals surface area contributed by atoms with Gasteiger partial charge in [-0.2, -0.15) is 0 Å². The molecule has 0 spiro atoms. The van der Waals surface area contributed by atoms with Crippen molar-refractivity contribution in [1.29, 1.82) is 0 Å². The molecule has 13 heteroatoms. The summed E-state index contributed by atoms with van der Waals surface area (Å²) < 4.78 is 35.3. The molecule has 3 aromatic carbocycles. The highest BCUT2D eigenvalue weighted by molar-refractivity contribution is 6.10. The SMILES string of the molecule is CC[NH+](CC)c1ccc(/C=C/C=C/c2cc3c(O[C@@H]4O[C@H](CO)[C@@H](O)[C@H](O)[C@H]4O)c(-c4cc(OC)c(O)c(OC)c4)oc4cc(=[OH+])cc(o2)c43)cc1. The van der Waals surface area contributed by atoms with Gasteiger partial charge in [0.25, 0.3) is 0 Å². The van der Waals surface area contributed by atoms with Crippen LogP contribution >= 0.6 is 0 Å². The summed E-state index contributed by atoms with van der Waals surface area (Å²) in [4.78, 5) is 12.1. The molecule has 0 aliphatic carbocycles. The summed E-state index contributed by atoms with van der Waals surface area (Å²) >= 11 is 0. The molecule has 52 heavy (non-hydrogen) atoms. The normalized spacial score (nSPS) is 20.8. The van der Waals surface area contributed by atoms with Crippen LogP contribution in [0.3, 0.4) is 0 Å². The Morgan fingerprint density at radius 2 is 1.46 bits per heavy atom. The Labute approximate surface area is 298 Å². The van der Waals surface area contributed by atoms with Gasteiger partial charge in [-0.3, -0.25) is 4.79 Å². The van der Waals surface area contributed by atoms with E-state index in [1.807, 2.05) is 12.2 Å². The molecule has 1 aliphatic heterocycles. The standard InChI is InChI=1S/C39H41NO12/c1-5-40(6-2)23-13-11-21(12-14-23)9-7-8-10-25-19-26-32-27(49-25)17-24(42)18-28(32)50-37(22-15-29(47-3)33(43)30(16-22)48-4)38(26)52-39-36(46)35(45)34(44)31(20-41)51-39/h7-19,31,34-36,39,41,43-46H,5-6,20H2,1-4H3/p+2/b9-7+,10-8+/t31-,34-,35+,36-,39+/m1/s1. The minimum Gasteiger partial charge on any atom is -0.502 e. The molecule has 5 atom stereocenters. The summed E-state index contributed by atoms with van der Waals surface area (Å²) in [5.41, 5.74) is 2.82. The molecule has 7 N–H and O–H groups in total. The van der Waals surface area contributed by atoms with Crippen LogP contribution in [-0.2, 0) is 4.74 Å². The van der Waals surface area contributed by atoms with Gasteiger partial charge in [0.15, 0.2) is 23.0 Å². The fraction of sp³-hybridized carbons (Fsp3) is 0.308. The van der Waals surface area contributed by atoms with Crippen molar-refractivity contribution in [2.24, 2.45) is 0 Å². The molecule has 1 aliphatic rings. The quantitative estimate of drug-likeness (QED) is 0.0822. The number of phenolic OH excluding ortho intramolecular Hbond substituents is 1. The van der Waals surface area contributed by atoms with Crippen molar-refractivity contribution >= 4 is 39.8 Å². The number of phenols is 1. The Morgan fingerprint density at radius 1 is 0.827 bits per heavy atom. The highest BCUT2D eigenvalue weighted by Gasteiger charge is 2.45. The highest BCUT2D eigenvalue weighted by atomic mass is 16.7. The lowest BCUT2D eigenvalue weighted by atomic mass is 9.99. The van der Waals surface area contributed by atoms with Crippen LogP contribution in [0, 0.1) is 0 Å². The second-order valence-corrected chi connectivity index (χ2v) is 12.3. The summed E-state index contributed by atoms with van der Waals surface area (Å²) in [6.45, 7) is 5.64. The largest absolute Gasteiger partial charge is 0.502 e. The molecule has 1 saturated heterocycles. The molecule has 1 fully saturated rings. The Hall–Kier alpha value is -5.15. The van der Waals surface area contributed by atoms with E-state index in [1.165, 1.54) is 49.1 Å². The van der Waals surface area contributed by atoms with Gasteiger partial charge in [0, 0.05) is 10.9 Å². The number of ether oxygens (including phenoxy) is 4. The van der Waals surface area contributed by atoms with Crippen LogP contribution in [0.15, 0.2) is 75.6 Å². The number of hydrogen-bond acceptors (Lipinski definition) is 11. The van der Waals surface area contributed by atoms with Crippen molar-refractivity contribution in [2.45, 2.75) is 44.6 Å². The van der Waals surface area contributed by atoms with Gasteiger partial charge in [0.2, 0.25) is 12.0 Å². The maximum Gasteiger partial charge on any atom is 0.347 e. The average Bonchev–Trinajstić information content (AvgIpc) is 3.15. The molecule has 6 rings (SSSR count). The summed E-state index contributed by atoms with van der Waals surface area (Å²) in [6, 6.07) is 15.8. The fourth-order valence-electron chi connectivity index (χ4n) is 6.33. The van der Waals surface area contributed by atoms with Crippen LogP contribution < -0.4 is 24.5 Å². The van der Waals surface area contributed by atoms with Crippen molar-refractivity contribution in [3.05, 3.63) is 83.5 Å². The number of nitrogens with one attached hydrogen (secondary N) is 1. The summed E-state index contributed by atoms with van der Waals surface area (Å²) in [7, 11) is 2.73. The third-order valence-corrected chi connectivity index (χ3v) is 9.15. The van der Waals surface area contributed by atoms with Gasteiger partial charge < -0.3 is 58.2 Å². The molecule has 3 heterocycles. The summed E-state index contributed by atoms with van der Waals surface area (Å²) in [5, 5.41) is 53.2. The van der Waals surface area contributed by atoms with Crippen LogP contribution in [0.5, 0.6) is 23.0 Å². The van der Waals surface area contributed by atoms with E-state index in [9.17, 15) is 30.3 Å². The molecule has 5 aromatic rings. The Morgan fingerprint density at radius 3 is 2.08 bits per heavy atom. The predicted molar refractivity (Wildman–Crippen MR) is 192 cm³/mol. The van der Waals surface area contributed by atoms with E-state index >= 15 is 0 Å². The maximum absolute atomic E-state index is 10.9. The van der Waals surface area contributed by atoms with Crippen LogP contribution in [-0.4, -0.2) is 94.9 Å². The van der Waals surface area contributed by atoms with Crippen LogP contribution in [0.4, 0.5) is 5.69 Å². The maximum atomic E-state index is 10.9. The number of methoxy groups -OCH3 is 2. The molecule has 274 valence electrons. The highest BCUT2D eigenvalue weighted by Crippen LogP contribution is 2.47. The van der Waals surface area contributed by atoms with E-state index in [0.29, 0.717) is 22.1 Å².